The first-order valence-electron chi connectivity index (χ1n) is 5.02. The van der Waals surface area contributed by atoms with Gasteiger partial charge in [0.2, 0.25) is 0 Å². The number of benzene rings is 1. The molecule has 0 aliphatic heterocycles. The number of hydrogen-bond acceptors (Lipinski definition) is 3. The number of aliphatic hydroxyl groups is 1. The summed E-state index contributed by atoms with van der Waals surface area (Å²) < 4.78 is 0. The molecule has 0 saturated heterocycles. The van der Waals surface area contributed by atoms with Gasteiger partial charge in [0.25, 0.3) is 0 Å². The molecule has 0 aromatic heterocycles. The summed E-state index contributed by atoms with van der Waals surface area (Å²) in [5, 5.41) is 18.6. The van der Waals surface area contributed by atoms with E-state index in [2.05, 4.69) is 6.07 Å². The van der Waals surface area contributed by atoms with Crippen molar-refractivity contribution in [2.45, 2.75) is 23.3 Å². The Morgan fingerprint density at radius 2 is 2.07 bits per heavy atom. The second-order valence-electron chi connectivity index (χ2n) is 4.06. The molecule has 0 atom stereocenters. The van der Waals surface area contributed by atoms with Crippen molar-refractivity contribution in [1.82, 2.24) is 0 Å². The van der Waals surface area contributed by atoms with Crippen molar-refractivity contribution in [3.63, 3.8) is 0 Å². The number of rotatable bonds is 3. The van der Waals surface area contributed by atoms with E-state index in [9.17, 15) is 5.11 Å². The van der Waals surface area contributed by atoms with Gasteiger partial charge in [-0.15, -0.1) is 11.8 Å². The van der Waals surface area contributed by atoms with Crippen molar-refractivity contribution in [3.8, 4) is 6.07 Å². The summed E-state index contributed by atoms with van der Waals surface area (Å²) in [6.07, 6.45) is 1.26. The standard InChI is InChI=1S/C12H13NOS/c13-8-10-6-12(14,7-10)9-15-11-4-2-1-3-5-11/h1-5,10,14H,6-7,9H2. The van der Waals surface area contributed by atoms with Crippen molar-refractivity contribution in [2.75, 3.05) is 5.75 Å². The first-order valence-corrected chi connectivity index (χ1v) is 6.00. The molecule has 0 heterocycles. The maximum absolute atomic E-state index is 10.0. The second kappa shape index (κ2) is 4.26. The van der Waals surface area contributed by atoms with Crippen molar-refractivity contribution in [1.29, 1.82) is 5.26 Å². The quantitative estimate of drug-likeness (QED) is 0.794. The van der Waals surface area contributed by atoms with Crippen molar-refractivity contribution >= 4 is 11.8 Å². The highest BCUT2D eigenvalue weighted by Crippen LogP contribution is 2.40. The Balaban J connectivity index is 1.83. The molecule has 1 aliphatic carbocycles. The minimum absolute atomic E-state index is 0.0615. The molecule has 3 heteroatoms. The molecule has 1 aliphatic rings. The van der Waals surface area contributed by atoms with E-state index in [4.69, 9.17) is 5.26 Å². The lowest BCUT2D eigenvalue weighted by Crippen LogP contribution is -2.45. The minimum Gasteiger partial charge on any atom is -0.389 e. The number of nitriles is 1. The predicted molar refractivity (Wildman–Crippen MR) is 60.5 cm³/mol. The zero-order valence-electron chi connectivity index (χ0n) is 8.39. The van der Waals surface area contributed by atoms with Gasteiger partial charge in [0, 0.05) is 10.6 Å². The predicted octanol–water partition coefficient (Wildman–Crippen LogP) is 2.44. The van der Waals surface area contributed by atoms with Crippen LogP contribution in [-0.4, -0.2) is 16.5 Å². The van der Waals surface area contributed by atoms with Gasteiger partial charge in [0.15, 0.2) is 0 Å². The molecule has 0 spiro atoms. The van der Waals surface area contributed by atoms with Crippen LogP contribution in [0.5, 0.6) is 0 Å². The van der Waals surface area contributed by atoms with Gasteiger partial charge in [-0.1, -0.05) is 18.2 Å². The fourth-order valence-electron chi connectivity index (χ4n) is 1.80. The van der Waals surface area contributed by atoms with Crippen LogP contribution in [-0.2, 0) is 0 Å². The Bertz CT molecular complexity index is 365. The lowest BCUT2D eigenvalue weighted by atomic mass is 9.73. The summed E-state index contributed by atoms with van der Waals surface area (Å²) in [6, 6.07) is 12.2. The summed E-state index contributed by atoms with van der Waals surface area (Å²) in [4.78, 5) is 1.17. The Hall–Kier alpha value is -0.980. The normalized spacial score (nSPS) is 29.2. The SMILES string of the molecule is N#CC1CC(O)(CSc2ccccc2)C1. The van der Waals surface area contributed by atoms with Crippen molar-refractivity contribution in [3.05, 3.63) is 30.3 Å². The molecule has 1 N–H and O–H groups in total. The van der Waals surface area contributed by atoms with E-state index in [1.807, 2.05) is 30.3 Å². The molecule has 0 amide bonds. The van der Waals surface area contributed by atoms with Gasteiger partial charge in [-0.3, -0.25) is 0 Å². The van der Waals surface area contributed by atoms with E-state index < -0.39 is 5.60 Å². The van der Waals surface area contributed by atoms with Gasteiger partial charge in [-0.25, -0.2) is 0 Å². The first kappa shape index (κ1) is 10.5. The fraction of sp³-hybridized carbons (Fsp3) is 0.417. The maximum atomic E-state index is 10.0. The summed E-state index contributed by atoms with van der Waals surface area (Å²) >= 11 is 1.66. The second-order valence-corrected chi connectivity index (χ2v) is 5.11. The molecular weight excluding hydrogens is 206 g/mol. The van der Waals surface area contributed by atoms with Gasteiger partial charge >= 0.3 is 0 Å². The topological polar surface area (TPSA) is 44.0 Å². The van der Waals surface area contributed by atoms with E-state index in [-0.39, 0.29) is 5.92 Å². The van der Waals surface area contributed by atoms with E-state index >= 15 is 0 Å². The van der Waals surface area contributed by atoms with Gasteiger partial charge in [0.05, 0.1) is 17.6 Å². The number of nitrogens with zero attached hydrogens (tertiary/aromatic N) is 1. The highest BCUT2D eigenvalue weighted by Gasteiger charge is 2.42. The summed E-state index contributed by atoms with van der Waals surface area (Å²) in [5.41, 5.74) is -0.610. The summed E-state index contributed by atoms with van der Waals surface area (Å²) in [7, 11) is 0. The largest absolute Gasteiger partial charge is 0.389 e. The molecule has 2 nitrogen and oxygen atoms in total. The number of thioether (sulfide) groups is 1. The van der Waals surface area contributed by atoms with E-state index in [1.54, 1.807) is 11.8 Å². The Labute approximate surface area is 93.9 Å². The molecule has 1 aromatic carbocycles. The molecule has 78 valence electrons. The molecule has 0 bridgehead atoms. The van der Waals surface area contributed by atoms with Crippen LogP contribution in [0.3, 0.4) is 0 Å². The molecular formula is C12H13NOS. The van der Waals surface area contributed by atoms with E-state index in [1.165, 1.54) is 4.90 Å². The highest BCUT2D eigenvalue weighted by atomic mass is 32.2. The lowest BCUT2D eigenvalue weighted by molar-refractivity contribution is -0.0346. The van der Waals surface area contributed by atoms with Crippen LogP contribution in [0.4, 0.5) is 0 Å². The van der Waals surface area contributed by atoms with Crippen LogP contribution in [0, 0.1) is 17.2 Å². The third-order valence-corrected chi connectivity index (χ3v) is 3.97. The van der Waals surface area contributed by atoms with Gasteiger partial charge in [-0.05, 0) is 25.0 Å². The molecule has 1 fully saturated rings. The molecule has 0 radical (unpaired) electrons. The van der Waals surface area contributed by atoms with E-state index in [0.717, 1.165) is 0 Å². The van der Waals surface area contributed by atoms with Gasteiger partial charge < -0.3 is 5.11 Å². The van der Waals surface area contributed by atoms with E-state index in [0.29, 0.717) is 18.6 Å². The Morgan fingerprint density at radius 1 is 1.40 bits per heavy atom. The summed E-state index contributed by atoms with van der Waals surface area (Å²) in [5.74, 6) is 0.751. The van der Waals surface area contributed by atoms with Crippen LogP contribution < -0.4 is 0 Å². The minimum atomic E-state index is -0.610. The molecule has 1 saturated carbocycles. The summed E-state index contributed by atoms with van der Waals surface area (Å²) in [6.45, 7) is 0. The maximum Gasteiger partial charge on any atom is 0.0766 e. The molecule has 1 aromatic rings. The third-order valence-electron chi connectivity index (χ3n) is 2.69. The van der Waals surface area contributed by atoms with Crippen molar-refractivity contribution in [2.24, 2.45) is 5.92 Å². The monoisotopic (exact) mass is 219 g/mol. The van der Waals surface area contributed by atoms with Crippen LogP contribution in [0.2, 0.25) is 0 Å². The van der Waals surface area contributed by atoms with Crippen LogP contribution in [0.25, 0.3) is 0 Å². The van der Waals surface area contributed by atoms with Gasteiger partial charge in [0.1, 0.15) is 0 Å². The zero-order valence-corrected chi connectivity index (χ0v) is 9.20. The third kappa shape index (κ3) is 2.53. The average Bonchev–Trinajstić information content (AvgIpc) is 2.24. The van der Waals surface area contributed by atoms with Crippen LogP contribution in [0.15, 0.2) is 35.2 Å². The van der Waals surface area contributed by atoms with Crippen molar-refractivity contribution < 1.29 is 5.11 Å². The molecule has 15 heavy (non-hydrogen) atoms. The Kier molecular flexibility index (Phi) is 2.99. The van der Waals surface area contributed by atoms with Crippen LogP contribution >= 0.6 is 11.8 Å². The highest BCUT2D eigenvalue weighted by molar-refractivity contribution is 7.99. The fourth-order valence-corrected chi connectivity index (χ4v) is 2.82. The zero-order chi connectivity index (χ0) is 10.7. The molecule has 0 unspecified atom stereocenters. The van der Waals surface area contributed by atoms with Gasteiger partial charge in [-0.2, -0.15) is 5.26 Å². The first-order chi connectivity index (χ1) is 7.22. The smallest absolute Gasteiger partial charge is 0.0766 e. The van der Waals surface area contributed by atoms with Crippen LogP contribution in [0.1, 0.15) is 12.8 Å². The molecule has 2 rings (SSSR count). The lowest BCUT2D eigenvalue weighted by Gasteiger charge is -2.40. The average molecular weight is 219 g/mol. The number of hydrogen-bond donors (Lipinski definition) is 1. The Morgan fingerprint density at radius 3 is 2.67 bits per heavy atom.